The third kappa shape index (κ3) is 5.56. The Morgan fingerprint density at radius 2 is 1.89 bits per heavy atom. The molecule has 0 aliphatic carbocycles. The van der Waals surface area contributed by atoms with Crippen molar-refractivity contribution in [2.75, 3.05) is 44.7 Å². The molecule has 8 nitrogen and oxygen atoms in total. The summed E-state index contributed by atoms with van der Waals surface area (Å²) in [4.78, 5) is 25.4. The van der Waals surface area contributed by atoms with Crippen LogP contribution >= 0.6 is 0 Å². The van der Waals surface area contributed by atoms with E-state index in [1.54, 1.807) is 6.20 Å². The Morgan fingerprint density at radius 3 is 2.61 bits per heavy atom. The van der Waals surface area contributed by atoms with Gasteiger partial charge >= 0.3 is 6.03 Å². The van der Waals surface area contributed by atoms with E-state index in [1.807, 2.05) is 37.4 Å². The van der Waals surface area contributed by atoms with Crippen molar-refractivity contribution < 1.29 is 9.53 Å². The van der Waals surface area contributed by atoms with E-state index in [2.05, 4.69) is 37.4 Å². The maximum Gasteiger partial charge on any atom is 0.315 e. The minimum Gasteiger partial charge on any atom is -0.478 e. The second-order valence-electron chi connectivity index (χ2n) is 6.75. The number of rotatable bonds is 7. The average Bonchev–Trinajstić information content (AvgIpc) is 2.73. The smallest absolute Gasteiger partial charge is 0.315 e. The Balaban J connectivity index is 1.44. The molecule has 2 amide bonds. The summed E-state index contributed by atoms with van der Waals surface area (Å²) >= 11 is 0. The third-order valence-electron chi connectivity index (χ3n) is 4.66. The zero-order valence-electron chi connectivity index (χ0n) is 16.5. The molecule has 8 heteroatoms. The summed E-state index contributed by atoms with van der Waals surface area (Å²) in [6.45, 7) is 7.29. The van der Waals surface area contributed by atoms with Gasteiger partial charge in [-0.25, -0.2) is 14.8 Å². The van der Waals surface area contributed by atoms with Gasteiger partial charge < -0.3 is 25.2 Å². The lowest BCUT2D eigenvalue weighted by molar-refractivity contribution is 0.240. The molecule has 0 bridgehead atoms. The number of amides is 2. The minimum atomic E-state index is -0.241. The van der Waals surface area contributed by atoms with Crippen LogP contribution in [0.15, 0.2) is 36.7 Å². The second kappa shape index (κ2) is 9.89. The highest BCUT2D eigenvalue weighted by atomic mass is 16.5. The van der Waals surface area contributed by atoms with Crippen molar-refractivity contribution in [2.24, 2.45) is 0 Å². The lowest BCUT2D eigenvalue weighted by Gasteiger charge is -2.33. The summed E-state index contributed by atoms with van der Waals surface area (Å²) in [5.74, 6) is 1.54. The minimum absolute atomic E-state index is 0.241. The number of nitrogens with zero attached hydrogens (tertiary/aromatic N) is 4. The van der Waals surface area contributed by atoms with E-state index in [0.29, 0.717) is 25.6 Å². The number of carbonyl (C=O) groups is 1. The summed E-state index contributed by atoms with van der Waals surface area (Å²) in [5, 5.41) is 5.69. The first kappa shape index (κ1) is 19.9. The number of anilines is 1. The van der Waals surface area contributed by atoms with Crippen molar-refractivity contribution >= 4 is 11.8 Å². The van der Waals surface area contributed by atoms with Crippen LogP contribution in [-0.2, 0) is 13.1 Å². The van der Waals surface area contributed by atoms with E-state index in [9.17, 15) is 4.79 Å². The molecule has 150 valence electrons. The molecule has 0 saturated carbocycles. The monoisotopic (exact) mass is 384 g/mol. The standard InChI is InChI=1S/C20H28N6O2/c1-3-28-19-17(5-4-8-21-19)15-24-20(27)23-14-16-6-7-18(22-13-16)26-11-9-25(2)10-12-26/h4-8,13H,3,9-12,14-15H2,1-2H3,(H2,23,24,27). The highest BCUT2D eigenvalue weighted by molar-refractivity contribution is 5.73. The lowest BCUT2D eigenvalue weighted by Crippen LogP contribution is -2.44. The number of nitrogens with one attached hydrogen (secondary N) is 2. The predicted octanol–water partition coefficient (Wildman–Crippen LogP) is 1.63. The molecule has 1 aliphatic rings. The second-order valence-corrected chi connectivity index (χ2v) is 6.75. The van der Waals surface area contributed by atoms with Gasteiger partial charge in [-0.05, 0) is 31.7 Å². The normalized spacial score (nSPS) is 14.6. The van der Waals surface area contributed by atoms with Crippen molar-refractivity contribution in [1.29, 1.82) is 0 Å². The predicted molar refractivity (Wildman–Crippen MR) is 108 cm³/mol. The topological polar surface area (TPSA) is 82.6 Å². The van der Waals surface area contributed by atoms with Crippen molar-refractivity contribution in [1.82, 2.24) is 25.5 Å². The van der Waals surface area contributed by atoms with Gasteiger partial charge in [0.2, 0.25) is 5.88 Å². The summed E-state index contributed by atoms with van der Waals surface area (Å²) in [5.41, 5.74) is 1.81. The van der Waals surface area contributed by atoms with E-state index < -0.39 is 0 Å². The van der Waals surface area contributed by atoms with Crippen LogP contribution in [0.4, 0.5) is 10.6 Å². The lowest BCUT2D eigenvalue weighted by atomic mass is 10.2. The van der Waals surface area contributed by atoms with Crippen LogP contribution in [0.2, 0.25) is 0 Å². The van der Waals surface area contributed by atoms with Crippen molar-refractivity contribution in [3.05, 3.63) is 47.8 Å². The number of pyridine rings is 2. The fourth-order valence-electron chi connectivity index (χ4n) is 2.99. The number of piperazine rings is 1. The van der Waals surface area contributed by atoms with Gasteiger partial charge in [-0.1, -0.05) is 12.1 Å². The van der Waals surface area contributed by atoms with Gasteiger partial charge in [0, 0.05) is 57.2 Å². The molecular weight excluding hydrogens is 356 g/mol. The molecule has 1 saturated heterocycles. The maximum absolute atomic E-state index is 12.1. The number of likely N-dealkylation sites (N-methyl/N-ethyl adjacent to an activating group) is 1. The molecule has 0 unspecified atom stereocenters. The third-order valence-corrected chi connectivity index (χ3v) is 4.66. The van der Waals surface area contributed by atoms with Gasteiger partial charge in [-0.15, -0.1) is 0 Å². The van der Waals surface area contributed by atoms with E-state index in [4.69, 9.17) is 4.74 Å². The Morgan fingerprint density at radius 1 is 1.11 bits per heavy atom. The molecule has 1 aliphatic heterocycles. The van der Waals surface area contributed by atoms with E-state index in [-0.39, 0.29) is 6.03 Å². The Kier molecular flexibility index (Phi) is 7.02. The van der Waals surface area contributed by atoms with Crippen LogP contribution in [0.1, 0.15) is 18.1 Å². The zero-order valence-corrected chi connectivity index (χ0v) is 16.5. The molecule has 2 N–H and O–H groups in total. The van der Waals surface area contributed by atoms with Crippen LogP contribution in [0.3, 0.4) is 0 Å². The molecule has 0 atom stereocenters. The summed E-state index contributed by atoms with van der Waals surface area (Å²) < 4.78 is 5.47. The first-order chi connectivity index (χ1) is 13.7. The molecular formula is C20H28N6O2. The van der Waals surface area contributed by atoms with Crippen LogP contribution < -0.4 is 20.3 Å². The quantitative estimate of drug-likeness (QED) is 0.755. The molecule has 28 heavy (non-hydrogen) atoms. The van der Waals surface area contributed by atoms with Crippen molar-refractivity contribution in [2.45, 2.75) is 20.0 Å². The Labute approximate surface area is 165 Å². The number of urea groups is 1. The number of aromatic nitrogens is 2. The summed E-state index contributed by atoms with van der Waals surface area (Å²) in [7, 11) is 2.14. The SMILES string of the molecule is CCOc1ncccc1CNC(=O)NCc1ccc(N2CCN(C)CC2)nc1. The first-order valence-electron chi connectivity index (χ1n) is 9.62. The van der Waals surface area contributed by atoms with Crippen LogP contribution in [-0.4, -0.2) is 60.7 Å². The molecule has 2 aromatic rings. The molecule has 3 rings (SSSR count). The summed E-state index contributed by atoms with van der Waals surface area (Å²) in [6, 6.07) is 7.50. The van der Waals surface area contributed by atoms with E-state index >= 15 is 0 Å². The zero-order chi connectivity index (χ0) is 19.8. The molecule has 1 fully saturated rings. The fraction of sp³-hybridized carbons (Fsp3) is 0.450. The number of ether oxygens (including phenoxy) is 1. The van der Waals surface area contributed by atoms with Crippen molar-refractivity contribution in [3.8, 4) is 5.88 Å². The van der Waals surface area contributed by atoms with Gasteiger partial charge in [0.15, 0.2) is 0 Å². The molecule has 3 heterocycles. The molecule has 2 aromatic heterocycles. The highest BCUT2D eigenvalue weighted by Gasteiger charge is 2.15. The van der Waals surface area contributed by atoms with E-state index in [0.717, 1.165) is 43.1 Å². The fourth-order valence-corrected chi connectivity index (χ4v) is 2.99. The first-order valence-corrected chi connectivity index (χ1v) is 9.62. The largest absolute Gasteiger partial charge is 0.478 e. The van der Waals surface area contributed by atoms with Crippen LogP contribution in [0.5, 0.6) is 5.88 Å². The maximum atomic E-state index is 12.1. The Bertz CT molecular complexity index is 760. The van der Waals surface area contributed by atoms with Gasteiger partial charge in [0.1, 0.15) is 5.82 Å². The van der Waals surface area contributed by atoms with Crippen LogP contribution in [0, 0.1) is 0 Å². The summed E-state index contributed by atoms with van der Waals surface area (Å²) in [6.07, 6.45) is 3.50. The molecule has 0 aromatic carbocycles. The van der Waals surface area contributed by atoms with E-state index in [1.165, 1.54) is 0 Å². The van der Waals surface area contributed by atoms with Crippen LogP contribution in [0.25, 0.3) is 0 Å². The average molecular weight is 384 g/mol. The Hall–Kier alpha value is -2.87. The van der Waals surface area contributed by atoms with Crippen molar-refractivity contribution in [3.63, 3.8) is 0 Å². The van der Waals surface area contributed by atoms with Gasteiger partial charge in [-0.2, -0.15) is 0 Å². The van der Waals surface area contributed by atoms with Gasteiger partial charge in [0.25, 0.3) is 0 Å². The van der Waals surface area contributed by atoms with Gasteiger partial charge in [-0.3, -0.25) is 0 Å². The number of carbonyl (C=O) groups excluding carboxylic acids is 1. The molecule has 0 radical (unpaired) electrons. The number of hydrogen-bond donors (Lipinski definition) is 2. The number of hydrogen-bond acceptors (Lipinski definition) is 6. The highest BCUT2D eigenvalue weighted by Crippen LogP contribution is 2.14. The van der Waals surface area contributed by atoms with Gasteiger partial charge in [0.05, 0.1) is 6.61 Å². The molecule has 0 spiro atoms.